The highest BCUT2D eigenvalue weighted by Crippen LogP contribution is 2.47. The molecule has 14 heteroatoms. The molecule has 0 aromatic heterocycles. The summed E-state index contributed by atoms with van der Waals surface area (Å²) in [6.45, 7) is 3.23. The van der Waals surface area contributed by atoms with Crippen molar-refractivity contribution in [3.05, 3.63) is 36.5 Å². The molecule has 0 aliphatic heterocycles. The minimum absolute atomic E-state index is 0.0790. The molecule has 0 saturated heterocycles. The molecule has 1 saturated carbocycles. The molecule has 0 spiro atoms. The maximum Gasteiger partial charge on any atom is 0.472 e. The van der Waals surface area contributed by atoms with E-state index in [1.807, 2.05) is 0 Å². The Bertz CT molecular complexity index is 1160. The highest BCUT2D eigenvalue weighted by Gasteiger charge is 2.51. The molecule has 1 aliphatic rings. The van der Waals surface area contributed by atoms with Crippen molar-refractivity contribution < 1.29 is 63.1 Å². The van der Waals surface area contributed by atoms with Crippen LogP contribution in [0.5, 0.6) is 0 Å². The minimum Gasteiger partial charge on any atom is -0.462 e. The molecular weight excluding hydrogens is 767 g/mol. The number of aliphatic hydroxyl groups excluding tert-OH is 5. The molecule has 0 aromatic rings. The van der Waals surface area contributed by atoms with Gasteiger partial charge in [-0.3, -0.25) is 18.6 Å². The summed E-state index contributed by atoms with van der Waals surface area (Å²) in [6.07, 6.45) is 24.8. The van der Waals surface area contributed by atoms with Crippen molar-refractivity contribution in [2.24, 2.45) is 0 Å². The summed E-state index contributed by atoms with van der Waals surface area (Å²) in [7, 11) is -5.12. The normalized spacial score (nSPS) is 22.8. The second kappa shape index (κ2) is 34.7. The fraction of sp³-hybridized carbons (Fsp3) is 0.818. The quantitative estimate of drug-likeness (QED) is 0.0152. The lowest BCUT2D eigenvalue weighted by molar-refractivity contribution is -0.220. The van der Waals surface area contributed by atoms with E-state index in [4.69, 9.17) is 18.5 Å². The molecule has 6 N–H and O–H groups in total. The molecule has 0 amide bonds. The number of hydrogen-bond donors (Lipinski definition) is 6. The first kappa shape index (κ1) is 54.1. The Balaban J connectivity index is 2.50. The van der Waals surface area contributed by atoms with E-state index in [0.29, 0.717) is 12.8 Å². The van der Waals surface area contributed by atoms with Crippen LogP contribution < -0.4 is 0 Å². The molecule has 1 aliphatic carbocycles. The average molecular weight is 847 g/mol. The maximum atomic E-state index is 12.8. The summed E-state index contributed by atoms with van der Waals surface area (Å²) in [5, 5.41) is 50.1. The number of carbonyl (C=O) groups is 2. The van der Waals surface area contributed by atoms with Gasteiger partial charge in [-0.15, -0.1) is 0 Å². The first-order valence-electron chi connectivity index (χ1n) is 22.3. The summed E-state index contributed by atoms with van der Waals surface area (Å²) in [5.41, 5.74) is 0. The van der Waals surface area contributed by atoms with Gasteiger partial charge < -0.3 is 39.9 Å². The van der Waals surface area contributed by atoms with Crippen LogP contribution in [0.25, 0.3) is 0 Å². The highest BCUT2D eigenvalue weighted by molar-refractivity contribution is 7.47. The summed E-state index contributed by atoms with van der Waals surface area (Å²) >= 11 is 0. The summed E-state index contributed by atoms with van der Waals surface area (Å²) in [6, 6.07) is 0. The molecule has 58 heavy (non-hydrogen) atoms. The van der Waals surface area contributed by atoms with Crippen LogP contribution in [-0.2, 0) is 32.7 Å². The number of esters is 2. The Morgan fingerprint density at radius 2 is 0.931 bits per heavy atom. The van der Waals surface area contributed by atoms with E-state index in [1.54, 1.807) is 0 Å². The Labute approximate surface area is 348 Å². The zero-order valence-electron chi connectivity index (χ0n) is 35.6. The maximum absolute atomic E-state index is 12.8. The fourth-order valence-corrected chi connectivity index (χ4v) is 7.52. The number of carbonyl (C=O) groups excluding carboxylic acids is 2. The Morgan fingerprint density at radius 1 is 0.534 bits per heavy atom. The molecule has 13 nitrogen and oxygen atoms in total. The van der Waals surface area contributed by atoms with Gasteiger partial charge in [-0.1, -0.05) is 127 Å². The number of phosphoric ester groups is 1. The zero-order valence-corrected chi connectivity index (χ0v) is 36.5. The third kappa shape index (κ3) is 27.0. The molecule has 338 valence electrons. The van der Waals surface area contributed by atoms with Crippen LogP contribution >= 0.6 is 7.82 Å². The second-order valence-corrected chi connectivity index (χ2v) is 16.9. The van der Waals surface area contributed by atoms with E-state index in [0.717, 1.165) is 83.5 Å². The Hall–Kier alpha value is -1.93. The molecule has 0 radical (unpaired) electrons. The van der Waals surface area contributed by atoms with Gasteiger partial charge in [0.25, 0.3) is 0 Å². The lowest BCUT2D eigenvalue weighted by Gasteiger charge is -2.41. The van der Waals surface area contributed by atoms with Gasteiger partial charge in [-0.05, 0) is 70.6 Å². The number of hydrogen-bond acceptors (Lipinski definition) is 12. The topological polar surface area (TPSA) is 210 Å². The van der Waals surface area contributed by atoms with E-state index in [2.05, 4.69) is 50.3 Å². The monoisotopic (exact) mass is 847 g/mol. The van der Waals surface area contributed by atoms with Crippen molar-refractivity contribution in [3.8, 4) is 0 Å². The van der Waals surface area contributed by atoms with Crippen LogP contribution in [-0.4, -0.2) is 98.3 Å². The van der Waals surface area contributed by atoms with Crippen LogP contribution in [0.2, 0.25) is 0 Å². The molecule has 0 aromatic carbocycles. The van der Waals surface area contributed by atoms with Crippen LogP contribution in [0.4, 0.5) is 0 Å². The van der Waals surface area contributed by atoms with E-state index in [9.17, 15) is 44.6 Å². The number of phosphoric acid groups is 1. The van der Waals surface area contributed by atoms with Gasteiger partial charge in [0.15, 0.2) is 6.10 Å². The van der Waals surface area contributed by atoms with Gasteiger partial charge in [0.2, 0.25) is 0 Å². The number of unbranched alkanes of at least 4 members (excludes halogenated alkanes) is 18. The lowest BCUT2D eigenvalue weighted by Crippen LogP contribution is -2.64. The minimum atomic E-state index is -5.12. The van der Waals surface area contributed by atoms with Crippen molar-refractivity contribution in [1.29, 1.82) is 0 Å². The standard InChI is InChI=1S/C44H79O13P/c1-3-5-7-9-11-13-15-17-19-21-23-25-27-29-31-33-38(46)56-36(35-55-58(52,53)57-44-42(50)40(48)39(47)41(49)43(44)51)34-54-37(45)32-30-28-26-24-22-20-18-16-14-12-10-8-6-4-2/h11,13,16-19,36,39-44,47-51H,3-10,12,14-15,20-35H2,1-2H3,(H,52,53)/b13-11-,18-16-,19-17-. The summed E-state index contributed by atoms with van der Waals surface area (Å²) in [4.78, 5) is 35.6. The van der Waals surface area contributed by atoms with Gasteiger partial charge in [0, 0.05) is 12.8 Å². The van der Waals surface area contributed by atoms with Gasteiger partial charge in [-0.2, -0.15) is 0 Å². The molecule has 1 rings (SSSR count). The van der Waals surface area contributed by atoms with Crippen molar-refractivity contribution in [2.45, 2.75) is 217 Å². The third-order valence-electron chi connectivity index (χ3n) is 10.2. The predicted molar refractivity (Wildman–Crippen MR) is 226 cm³/mol. The van der Waals surface area contributed by atoms with Crippen molar-refractivity contribution in [2.75, 3.05) is 13.2 Å². The number of aliphatic hydroxyl groups is 5. The Kier molecular flexibility index (Phi) is 32.4. The summed E-state index contributed by atoms with van der Waals surface area (Å²) in [5.74, 6) is -1.13. The average Bonchev–Trinajstić information content (AvgIpc) is 3.20. The van der Waals surface area contributed by atoms with Crippen LogP contribution in [0.3, 0.4) is 0 Å². The van der Waals surface area contributed by atoms with Gasteiger partial charge in [0.1, 0.15) is 43.2 Å². The molecule has 0 heterocycles. The number of ether oxygens (including phenoxy) is 2. The van der Waals surface area contributed by atoms with Crippen molar-refractivity contribution in [3.63, 3.8) is 0 Å². The largest absolute Gasteiger partial charge is 0.472 e. The Morgan fingerprint density at radius 3 is 1.45 bits per heavy atom. The van der Waals surface area contributed by atoms with Gasteiger partial charge >= 0.3 is 19.8 Å². The highest BCUT2D eigenvalue weighted by atomic mass is 31.2. The van der Waals surface area contributed by atoms with Gasteiger partial charge in [0.05, 0.1) is 6.61 Å². The molecule has 6 atom stereocenters. The van der Waals surface area contributed by atoms with E-state index in [1.165, 1.54) is 51.4 Å². The third-order valence-corrected chi connectivity index (χ3v) is 11.2. The van der Waals surface area contributed by atoms with Crippen molar-refractivity contribution in [1.82, 2.24) is 0 Å². The van der Waals surface area contributed by atoms with E-state index in [-0.39, 0.29) is 12.8 Å². The first-order valence-corrected chi connectivity index (χ1v) is 23.8. The first-order chi connectivity index (χ1) is 27.9. The molecule has 1 fully saturated rings. The summed E-state index contributed by atoms with van der Waals surface area (Å²) < 4.78 is 33.5. The fourth-order valence-electron chi connectivity index (χ4n) is 6.55. The van der Waals surface area contributed by atoms with Crippen LogP contribution in [0.15, 0.2) is 36.5 Å². The predicted octanol–water partition coefficient (Wildman–Crippen LogP) is 8.22. The van der Waals surface area contributed by atoms with E-state index < -0.39 is 75.7 Å². The zero-order chi connectivity index (χ0) is 42.9. The van der Waals surface area contributed by atoms with E-state index >= 15 is 0 Å². The SMILES string of the molecule is CCCCC/C=C\C/C=C\CCCCCCCC(=O)OC(COC(=O)CCCCCCC/C=C\CCCCCCC)COP(=O)(O)OC1C(O)C(O)C(O)C(O)C1O. The smallest absolute Gasteiger partial charge is 0.462 e. The lowest BCUT2D eigenvalue weighted by atomic mass is 9.85. The van der Waals surface area contributed by atoms with Crippen LogP contribution in [0.1, 0.15) is 174 Å². The molecule has 6 unspecified atom stereocenters. The van der Waals surface area contributed by atoms with Crippen molar-refractivity contribution >= 4 is 19.8 Å². The number of allylic oxidation sites excluding steroid dienone is 6. The van der Waals surface area contributed by atoms with Gasteiger partial charge in [-0.25, -0.2) is 4.57 Å². The molecular formula is C44H79O13P. The second-order valence-electron chi connectivity index (χ2n) is 15.5. The molecule has 0 bridgehead atoms. The number of rotatable bonds is 36. The van der Waals surface area contributed by atoms with Crippen LogP contribution in [0, 0.1) is 0 Å².